The van der Waals surface area contributed by atoms with Crippen molar-refractivity contribution in [2.45, 2.75) is 58.3 Å². The van der Waals surface area contributed by atoms with E-state index in [1.807, 2.05) is 20.8 Å². The fraction of sp³-hybridized carbons (Fsp3) is 0.929. The summed E-state index contributed by atoms with van der Waals surface area (Å²) in [4.78, 5) is 14.0. The Kier molecular flexibility index (Phi) is 4.98. The number of amides is 1. The minimum absolute atomic E-state index is 0.145. The number of carbonyl (C=O) groups excluding carboxylic acids is 1. The third-order valence-corrected chi connectivity index (χ3v) is 3.35. The molecule has 1 heterocycles. The van der Waals surface area contributed by atoms with Gasteiger partial charge in [-0.1, -0.05) is 20.8 Å². The lowest BCUT2D eigenvalue weighted by molar-refractivity contribution is -0.154. The smallest absolute Gasteiger partial charge is 0.254 e. The number of rotatable bonds is 4. The fourth-order valence-corrected chi connectivity index (χ4v) is 2.91. The molecule has 0 radical (unpaired) electrons. The normalized spacial score (nSPS) is 27.4. The molecule has 0 saturated carbocycles. The van der Waals surface area contributed by atoms with E-state index < -0.39 is 11.7 Å². The molecule has 0 aromatic rings. The highest BCUT2D eigenvalue weighted by atomic mass is 16.5. The molecule has 0 aliphatic carbocycles. The van der Waals surface area contributed by atoms with Crippen LogP contribution in [0.2, 0.25) is 0 Å². The molecule has 1 aliphatic rings. The molecule has 1 aliphatic heterocycles. The number of aliphatic hydroxyl groups excluding tert-OH is 1. The Balaban J connectivity index is 2.80. The van der Waals surface area contributed by atoms with Crippen LogP contribution in [0.5, 0.6) is 0 Å². The second kappa shape index (κ2) is 5.77. The quantitative estimate of drug-likeness (QED) is 0.794. The van der Waals surface area contributed by atoms with Gasteiger partial charge in [0.25, 0.3) is 5.91 Å². The molecule has 19 heavy (non-hydrogen) atoms. The maximum Gasteiger partial charge on any atom is 0.254 e. The summed E-state index contributed by atoms with van der Waals surface area (Å²) in [5.74, 6) is -0.318. The van der Waals surface area contributed by atoms with Gasteiger partial charge < -0.3 is 19.8 Å². The Bertz CT molecular complexity index is 322. The molecule has 1 fully saturated rings. The molecule has 0 bridgehead atoms. The maximum atomic E-state index is 12.5. The van der Waals surface area contributed by atoms with Crippen molar-refractivity contribution in [2.75, 3.05) is 20.3 Å². The van der Waals surface area contributed by atoms with Crippen LogP contribution in [-0.4, -0.2) is 59.0 Å². The van der Waals surface area contributed by atoms with Crippen molar-refractivity contribution in [1.29, 1.82) is 0 Å². The van der Waals surface area contributed by atoms with Crippen molar-refractivity contribution in [3.05, 3.63) is 0 Å². The van der Waals surface area contributed by atoms with Gasteiger partial charge in [0.2, 0.25) is 0 Å². The van der Waals surface area contributed by atoms with Gasteiger partial charge >= 0.3 is 0 Å². The van der Waals surface area contributed by atoms with Gasteiger partial charge in [0.1, 0.15) is 5.60 Å². The first kappa shape index (κ1) is 16.4. The summed E-state index contributed by atoms with van der Waals surface area (Å²) in [7, 11) is 1.57. The second-order valence-corrected chi connectivity index (χ2v) is 6.97. The Morgan fingerprint density at radius 3 is 2.42 bits per heavy atom. The number of carbonyl (C=O) groups is 1. The van der Waals surface area contributed by atoms with Gasteiger partial charge in [-0.15, -0.1) is 0 Å². The first-order valence-electron chi connectivity index (χ1n) is 6.77. The molecular formula is C14H27NO4. The van der Waals surface area contributed by atoms with Crippen LogP contribution in [0.3, 0.4) is 0 Å². The van der Waals surface area contributed by atoms with E-state index in [9.17, 15) is 15.0 Å². The second-order valence-electron chi connectivity index (χ2n) is 6.97. The highest BCUT2D eigenvalue weighted by Crippen LogP contribution is 2.30. The van der Waals surface area contributed by atoms with Crippen molar-refractivity contribution < 1.29 is 19.7 Å². The van der Waals surface area contributed by atoms with Crippen LogP contribution in [0.4, 0.5) is 0 Å². The lowest BCUT2D eigenvalue weighted by Crippen LogP contribution is -2.51. The molecule has 0 aromatic heterocycles. The molecule has 3 unspecified atom stereocenters. The van der Waals surface area contributed by atoms with Crippen LogP contribution in [0.1, 0.15) is 40.5 Å². The molecule has 0 aromatic carbocycles. The summed E-state index contributed by atoms with van der Waals surface area (Å²) in [6, 6.07) is -0.154. The van der Waals surface area contributed by atoms with Crippen LogP contribution in [0, 0.1) is 5.41 Å². The number of hydrogen-bond donors (Lipinski definition) is 2. The summed E-state index contributed by atoms with van der Waals surface area (Å²) >= 11 is 0. The standard InChI is InChI=1S/C14H27NO4/c1-13(2,3)9-14(4,18)12(17)15-7-11(16)6-10(15)8-19-5/h10-11,16,18H,6-9H2,1-5H3. The number of nitrogens with zero attached hydrogens (tertiary/aromatic N) is 1. The zero-order valence-corrected chi connectivity index (χ0v) is 12.6. The van der Waals surface area contributed by atoms with Gasteiger partial charge in [0, 0.05) is 13.7 Å². The van der Waals surface area contributed by atoms with Gasteiger partial charge in [0.15, 0.2) is 0 Å². The highest BCUT2D eigenvalue weighted by Gasteiger charge is 2.43. The monoisotopic (exact) mass is 273 g/mol. The molecule has 2 N–H and O–H groups in total. The Hall–Kier alpha value is -0.650. The molecule has 3 atom stereocenters. The lowest BCUT2D eigenvalue weighted by Gasteiger charge is -2.35. The van der Waals surface area contributed by atoms with Crippen LogP contribution < -0.4 is 0 Å². The van der Waals surface area contributed by atoms with Gasteiger partial charge in [-0.2, -0.15) is 0 Å². The van der Waals surface area contributed by atoms with E-state index in [2.05, 4.69) is 0 Å². The maximum absolute atomic E-state index is 12.5. The van der Waals surface area contributed by atoms with Gasteiger partial charge in [0.05, 0.1) is 18.8 Å². The Morgan fingerprint density at radius 2 is 1.95 bits per heavy atom. The van der Waals surface area contributed by atoms with Crippen LogP contribution in [-0.2, 0) is 9.53 Å². The van der Waals surface area contributed by atoms with E-state index in [4.69, 9.17) is 4.74 Å². The number of β-amino-alcohol motifs (C(OH)–C–C–N with tert-alkyl or cyclic N) is 1. The highest BCUT2D eigenvalue weighted by molar-refractivity contribution is 5.85. The number of methoxy groups -OCH3 is 1. The number of ether oxygens (including phenoxy) is 1. The van der Waals surface area contributed by atoms with E-state index in [0.717, 1.165) is 0 Å². The van der Waals surface area contributed by atoms with E-state index in [-0.39, 0.29) is 23.9 Å². The van der Waals surface area contributed by atoms with Crippen molar-refractivity contribution in [3.8, 4) is 0 Å². The van der Waals surface area contributed by atoms with Crippen molar-refractivity contribution in [2.24, 2.45) is 5.41 Å². The minimum Gasteiger partial charge on any atom is -0.391 e. The van der Waals surface area contributed by atoms with E-state index in [1.54, 1.807) is 18.9 Å². The Labute approximate surface area is 115 Å². The summed E-state index contributed by atoms with van der Waals surface area (Å²) in [6.07, 6.45) is 0.352. The largest absolute Gasteiger partial charge is 0.391 e. The van der Waals surface area contributed by atoms with Crippen LogP contribution >= 0.6 is 0 Å². The molecular weight excluding hydrogens is 246 g/mol. The third kappa shape index (κ3) is 4.44. The minimum atomic E-state index is -1.41. The van der Waals surface area contributed by atoms with E-state index in [1.165, 1.54) is 0 Å². The van der Waals surface area contributed by atoms with Gasteiger partial charge in [-0.25, -0.2) is 0 Å². The fourth-order valence-electron chi connectivity index (χ4n) is 2.91. The zero-order valence-electron chi connectivity index (χ0n) is 12.6. The number of likely N-dealkylation sites (tertiary alicyclic amines) is 1. The number of hydrogen-bond acceptors (Lipinski definition) is 4. The van der Waals surface area contributed by atoms with Crippen LogP contribution in [0.25, 0.3) is 0 Å². The Morgan fingerprint density at radius 1 is 1.37 bits per heavy atom. The summed E-state index contributed by atoms with van der Waals surface area (Å²) in [5.41, 5.74) is -1.55. The first-order valence-corrected chi connectivity index (χ1v) is 6.77. The predicted molar refractivity (Wildman–Crippen MR) is 72.7 cm³/mol. The molecule has 5 heteroatoms. The molecule has 112 valence electrons. The summed E-state index contributed by atoms with van der Waals surface area (Å²) in [6.45, 7) is 8.16. The first-order chi connectivity index (χ1) is 8.57. The summed E-state index contributed by atoms with van der Waals surface area (Å²) < 4.78 is 5.08. The van der Waals surface area contributed by atoms with Crippen LogP contribution in [0.15, 0.2) is 0 Å². The molecule has 1 saturated heterocycles. The lowest BCUT2D eigenvalue weighted by atomic mass is 9.82. The van der Waals surface area contributed by atoms with E-state index in [0.29, 0.717) is 19.4 Å². The molecule has 5 nitrogen and oxygen atoms in total. The third-order valence-electron chi connectivity index (χ3n) is 3.35. The van der Waals surface area contributed by atoms with Gasteiger partial charge in [-0.3, -0.25) is 4.79 Å². The topological polar surface area (TPSA) is 70.0 Å². The predicted octanol–water partition coefficient (Wildman–Crippen LogP) is 0.782. The van der Waals surface area contributed by atoms with Crippen molar-refractivity contribution in [3.63, 3.8) is 0 Å². The van der Waals surface area contributed by atoms with Gasteiger partial charge in [-0.05, 0) is 25.2 Å². The van der Waals surface area contributed by atoms with E-state index >= 15 is 0 Å². The molecule has 1 amide bonds. The average Bonchev–Trinajstić information content (AvgIpc) is 2.55. The van der Waals surface area contributed by atoms with Crippen molar-refractivity contribution >= 4 is 5.91 Å². The zero-order chi connectivity index (χ0) is 14.8. The SMILES string of the molecule is COCC1CC(O)CN1C(=O)C(C)(O)CC(C)(C)C. The number of aliphatic hydroxyl groups is 2. The average molecular weight is 273 g/mol. The summed E-state index contributed by atoms with van der Waals surface area (Å²) in [5, 5.41) is 20.2. The molecule has 0 spiro atoms. The molecule has 1 rings (SSSR count). The van der Waals surface area contributed by atoms with Crippen molar-refractivity contribution in [1.82, 2.24) is 4.90 Å².